The Hall–Kier alpha value is -2.63. The Balaban J connectivity index is 2.25. The van der Waals surface area contributed by atoms with E-state index in [2.05, 4.69) is 15.5 Å². The minimum atomic E-state index is -1.08. The van der Waals surface area contributed by atoms with Crippen LogP contribution in [-0.4, -0.2) is 27.2 Å². The van der Waals surface area contributed by atoms with Crippen molar-refractivity contribution in [1.29, 1.82) is 0 Å². The minimum Gasteiger partial charge on any atom is -0.478 e. The van der Waals surface area contributed by atoms with Crippen molar-refractivity contribution < 1.29 is 14.7 Å². The third kappa shape index (κ3) is 3.28. The minimum absolute atomic E-state index is 0.0583. The summed E-state index contributed by atoms with van der Waals surface area (Å²) < 4.78 is 0. The van der Waals surface area contributed by atoms with Gasteiger partial charge in [0.25, 0.3) is 5.91 Å². The van der Waals surface area contributed by atoms with Crippen LogP contribution in [0.15, 0.2) is 24.3 Å². The van der Waals surface area contributed by atoms with E-state index in [1.54, 1.807) is 25.1 Å². The molecule has 6 nitrogen and oxygen atoms in total. The zero-order valence-electron chi connectivity index (χ0n) is 12.1. The van der Waals surface area contributed by atoms with Crippen LogP contribution in [0.2, 0.25) is 0 Å². The summed E-state index contributed by atoms with van der Waals surface area (Å²) in [7, 11) is 0. The number of carboxylic acid groups (broad SMARTS) is 1. The summed E-state index contributed by atoms with van der Waals surface area (Å²) in [4.78, 5) is 23.3. The molecule has 3 N–H and O–H groups in total. The van der Waals surface area contributed by atoms with E-state index >= 15 is 0 Å². The monoisotopic (exact) mass is 287 g/mol. The highest BCUT2D eigenvalue weighted by Crippen LogP contribution is 2.19. The molecular formula is C15H17N3O3. The van der Waals surface area contributed by atoms with E-state index in [1.165, 1.54) is 6.07 Å². The highest BCUT2D eigenvalue weighted by Gasteiger charge is 2.16. The molecule has 1 heterocycles. The summed E-state index contributed by atoms with van der Waals surface area (Å²) in [6.45, 7) is 5.76. The lowest BCUT2D eigenvalue weighted by Crippen LogP contribution is -2.15. The molecule has 2 aromatic rings. The van der Waals surface area contributed by atoms with Gasteiger partial charge in [-0.25, -0.2) is 4.79 Å². The maximum Gasteiger partial charge on any atom is 0.337 e. The molecule has 0 saturated heterocycles. The van der Waals surface area contributed by atoms with Gasteiger partial charge in [-0.05, 0) is 31.0 Å². The van der Waals surface area contributed by atoms with Crippen molar-refractivity contribution in [3.05, 3.63) is 46.8 Å². The van der Waals surface area contributed by atoms with Gasteiger partial charge in [-0.2, -0.15) is 5.10 Å². The number of nitrogens with zero attached hydrogens (tertiary/aromatic N) is 1. The summed E-state index contributed by atoms with van der Waals surface area (Å²) >= 11 is 0. The largest absolute Gasteiger partial charge is 0.478 e. The maximum atomic E-state index is 12.1. The molecule has 1 amide bonds. The topological polar surface area (TPSA) is 95.1 Å². The SMILES string of the molecule is Cc1ccc(NC(=O)c2cc(C(C)C)[nH]n2)c(C(=O)O)c1. The molecule has 1 aromatic heterocycles. The van der Waals surface area contributed by atoms with Crippen molar-refractivity contribution in [3.63, 3.8) is 0 Å². The van der Waals surface area contributed by atoms with E-state index in [-0.39, 0.29) is 22.9 Å². The van der Waals surface area contributed by atoms with Gasteiger partial charge in [-0.15, -0.1) is 0 Å². The second-order valence-corrected chi connectivity index (χ2v) is 5.17. The molecule has 0 aliphatic heterocycles. The van der Waals surface area contributed by atoms with Gasteiger partial charge < -0.3 is 10.4 Å². The summed E-state index contributed by atoms with van der Waals surface area (Å²) in [6.07, 6.45) is 0. The molecule has 2 rings (SSSR count). The number of carbonyl (C=O) groups excluding carboxylic acids is 1. The van der Waals surface area contributed by atoms with Gasteiger partial charge in [0.15, 0.2) is 5.69 Å². The quantitative estimate of drug-likeness (QED) is 0.805. The lowest BCUT2D eigenvalue weighted by atomic mass is 10.1. The number of carboxylic acids is 1. The van der Waals surface area contributed by atoms with Crippen LogP contribution >= 0.6 is 0 Å². The van der Waals surface area contributed by atoms with E-state index in [9.17, 15) is 14.7 Å². The fourth-order valence-electron chi connectivity index (χ4n) is 1.88. The summed E-state index contributed by atoms with van der Waals surface area (Å²) in [5.74, 6) is -1.29. The van der Waals surface area contributed by atoms with Crippen molar-refractivity contribution in [2.24, 2.45) is 0 Å². The molecule has 110 valence electrons. The van der Waals surface area contributed by atoms with Crippen LogP contribution in [-0.2, 0) is 0 Å². The summed E-state index contributed by atoms with van der Waals surface area (Å²) in [5.41, 5.74) is 2.21. The van der Waals surface area contributed by atoms with Crippen molar-refractivity contribution in [2.75, 3.05) is 5.32 Å². The molecule has 0 aliphatic carbocycles. The van der Waals surface area contributed by atoms with Crippen LogP contribution in [0.3, 0.4) is 0 Å². The normalized spacial score (nSPS) is 10.7. The summed E-state index contributed by atoms with van der Waals surface area (Å²) in [6, 6.07) is 6.50. The number of nitrogens with one attached hydrogen (secondary N) is 2. The number of aromatic carboxylic acids is 1. The Morgan fingerprint density at radius 2 is 2.00 bits per heavy atom. The van der Waals surface area contributed by atoms with Crippen LogP contribution in [0, 0.1) is 6.92 Å². The average molecular weight is 287 g/mol. The van der Waals surface area contributed by atoms with E-state index in [1.807, 2.05) is 13.8 Å². The molecule has 6 heteroatoms. The van der Waals surface area contributed by atoms with Gasteiger partial charge in [0.2, 0.25) is 0 Å². The van der Waals surface area contributed by atoms with Gasteiger partial charge in [0.1, 0.15) is 0 Å². The fourth-order valence-corrected chi connectivity index (χ4v) is 1.88. The Labute approximate surface area is 122 Å². The van der Waals surface area contributed by atoms with Gasteiger partial charge in [-0.1, -0.05) is 25.5 Å². The number of benzene rings is 1. The number of aryl methyl sites for hydroxylation is 1. The lowest BCUT2D eigenvalue weighted by Gasteiger charge is -2.08. The third-order valence-corrected chi connectivity index (χ3v) is 3.11. The van der Waals surface area contributed by atoms with Crippen molar-refractivity contribution in [1.82, 2.24) is 10.2 Å². The predicted molar refractivity (Wildman–Crippen MR) is 78.8 cm³/mol. The Morgan fingerprint density at radius 3 is 2.57 bits per heavy atom. The number of aromatic nitrogens is 2. The number of rotatable bonds is 4. The Bertz CT molecular complexity index is 689. The molecule has 1 aromatic carbocycles. The van der Waals surface area contributed by atoms with E-state index < -0.39 is 11.9 Å². The highest BCUT2D eigenvalue weighted by atomic mass is 16.4. The molecule has 0 saturated carbocycles. The van der Waals surface area contributed by atoms with E-state index in [0.29, 0.717) is 0 Å². The number of carbonyl (C=O) groups is 2. The summed E-state index contributed by atoms with van der Waals surface area (Å²) in [5, 5.41) is 18.5. The Morgan fingerprint density at radius 1 is 1.29 bits per heavy atom. The number of hydrogen-bond acceptors (Lipinski definition) is 3. The smallest absolute Gasteiger partial charge is 0.337 e. The fraction of sp³-hybridized carbons (Fsp3) is 0.267. The van der Waals surface area contributed by atoms with Crippen LogP contribution < -0.4 is 5.32 Å². The highest BCUT2D eigenvalue weighted by molar-refractivity contribution is 6.06. The number of amides is 1. The van der Waals surface area contributed by atoms with Crippen LogP contribution in [0.1, 0.15) is 51.9 Å². The van der Waals surface area contributed by atoms with Crippen molar-refractivity contribution in [3.8, 4) is 0 Å². The zero-order valence-corrected chi connectivity index (χ0v) is 12.1. The molecule has 0 aliphatic rings. The third-order valence-electron chi connectivity index (χ3n) is 3.11. The van der Waals surface area contributed by atoms with Gasteiger partial charge in [-0.3, -0.25) is 9.89 Å². The second kappa shape index (κ2) is 5.78. The van der Waals surface area contributed by atoms with Crippen molar-refractivity contribution in [2.45, 2.75) is 26.7 Å². The number of anilines is 1. The molecule has 0 unspecified atom stereocenters. The standard InChI is InChI=1S/C15H17N3O3/c1-8(2)12-7-13(18-17-12)14(19)16-11-5-4-9(3)6-10(11)15(20)21/h4-8H,1-3H3,(H,16,19)(H,17,18)(H,20,21). The first-order chi connectivity index (χ1) is 9.88. The predicted octanol–water partition coefficient (Wildman–Crippen LogP) is 2.79. The first-order valence-corrected chi connectivity index (χ1v) is 6.59. The molecular weight excluding hydrogens is 270 g/mol. The average Bonchev–Trinajstić information content (AvgIpc) is 2.90. The van der Waals surface area contributed by atoms with Gasteiger partial charge in [0.05, 0.1) is 11.3 Å². The molecule has 0 radical (unpaired) electrons. The maximum absolute atomic E-state index is 12.1. The van der Waals surface area contributed by atoms with Crippen molar-refractivity contribution >= 4 is 17.6 Å². The van der Waals surface area contributed by atoms with Crippen LogP contribution in [0.5, 0.6) is 0 Å². The van der Waals surface area contributed by atoms with Crippen LogP contribution in [0.25, 0.3) is 0 Å². The zero-order chi connectivity index (χ0) is 15.6. The molecule has 21 heavy (non-hydrogen) atoms. The van der Waals surface area contributed by atoms with E-state index in [0.717, 1.165) is 11.3 Å². The number of H-pyrrole nitrogens is 1. The number of aromatic amines is 1. The van der Waals surface area contributed by atoms with Gasteiger partial charge in [0, 0.05) is 5.69 Å². The Kier molecular flexibility index (Phi) is 4.07. The van der Waals surface area contributed by atoms with E-state index in [4.69, 9.17) is 0 Å². The number of hydrogen-bond donors (Lipinski definition) is 3. The molecule has 0 bridgehead atoms. The molecule has 0 atom stereocenters. The molecule has 0 spiro atoms. The second-order valence-electron chi connectivity index (χ2n) is 5.17. The lowest BCUT2D eigenvalue weighted by molar-refractivity contribution is 0.0698. The first-order valence-electron chi connectivity index (χ1n) is 6.59. The molecule has 0 fully saturated rings. The van der Waals surface area contributed by atoms with Gasteiger partial charge >= 0.3 is 5.97 Å². The van der Waals surface area contributed by atoms with Crippen LogP contribution in [0.4, 0.5) is 5.69 Å². The first kappa shape index (κ1) is 14.8.